The molecule has 0 aliphatic heterocycles. The molecule has 0 aromatic heterocycles. The first-order valence-electron chi connectivity index (χ1n) is 15.3. The Hall–Kier alpha value is -2.26. The van der Waals surface area contributed by atoms with Gasteiger partial charge in [0, 0.05) is 23.2 Å². The number of hydrogen-bond donors (Lipinski definition) is 1. The summed E-state index contributed by atoms with van der Waals surface area (Å²) in [7, 11) is 1.47. The van der Waals surface area contributed by atoms with E-state index in [4.69, 9.17) is 4.84 Å². The van der Waals surface area contributed by atoms with Crippen LogP contribution in [0.4, 0.5) is 0 Å². The van der Waals surface area contributed by atoms with E-state index >= 15 is 0 Å². The number of ketones is 2. The molecule has 1 N–H and O–H groups in total. The van der Waals surface area contributed by atoms with Gasteiger partial charge in [0.1, 0.15) is 6.07 Å². The van der Waals surface area contributed by atoms with Gasteiger partial charge in [-0.1, -0.05) is 60.1 Å². The highest BCUT2D eigenvalue weighted by molar-refractivity contribution is 6.04. The minimum atomic E-state index is -0.657. The molecule has 2 unspecified atom stereocenters. The van der Waals surface area contributed by atoms with Gasteiger partial charge in [-0.2, -0.15) is 5.26 Å². The van der Waals surface area contributed by atoms with Gasteiger partial charge in [0.25, 0.3) is 0 Å². The molecule has 7 atom stereocenters. The van der Waals surface area contributed by atoms with Crippen molar-refractivity contribution in [2.45, 2.75) is 106 Å². The second kappa shape index (κ2) is 9.12. The Morgan fingerprint density at radius 1 is 1.05 bits per heavy atom. The number of nitrogens with zero attached hydrogens (tertiary/aromatic N) is 1. The zero-order chi connectivity index (χ0) is 29.5. The molecule has 0 aromatic rings. The van der Waals surface area contributed by atoms with E-state index in [1.807, 2.05) is 26.0 Å². The largest absolute Gasteiger partial charge is 0.295 e. The SMILES string of the molecule is CONC(=O)CC[C@]12CCC(C)(C)CC1C1C(=O)C=C3[C@@]4(C)C=C(C#N)C(=O)C(C)(C)[C@@H]4CC[C@@]3(C)[C@]1(C)CC2. The number of allylic oxidation sites excluding steroid dienone is 4. The average molecular weight is 549 g/mol. The maximum atomic E-state index is 14.5. The van der Waals surface area contributed by atoms with Crippen molar-refractivity contribution in [2.75, 3.05) is 7.11 Å². The molecule has 5 aliphatic carbocycles. The first-order valence-corrected chi connectivity index (χ1v) is 15.3. The fourth-order valence-electron chi connectivity index (χ4n) is 10.7. The number of rotatable bonds is 4. The zero-order valence-electron chi connectivity index (χ0n) is 25.8. The molecule has 1 amide bonds. The van der Waals surface area contributed by atoms with Gasteiger partial charge >= 0.3 is 0 Å². The van der Waals surface area contributed by atoms with Crippen molar-refractivity contribution in [1.82, 2.24) is 5.48 Å². The van der Waals surface area contributed by atoms with Crippen LogP contribution in [0.5, 0.6) is 0 Å². The van der Waals surface area contributed by atoms with Crippen LogP contribution in [-0.4, -0.2) is 24.6 Å². The number of nitriles is 1. The van der Waals surface area contributed by atoms with Crippen LogP contribution in [0.1, 0.15) is 106 Å². The summed E-state index contributed by atoms with van der Waals surface area (Å²) in [4.78, 5) is 45.2. The summed E-state index contributed by atoms with van der Waals surface area (Å²) in [5.41, 5.74) is 2.35. The first-order chi connectivity index (χ1) is 18.5. The number of carbonyl (C=O) groups excluding carboxylic acids is 3. The molecular weight excluding hydrogens is 500 g/mol. The van der Waals surface area contributed by atoms with Gasteiger partial charge in [0.15, 0.2) is 11.6 Å². The van der Waals surface area contributed by atoms with E-state index in [-0.39, 0.29) is 62.5 Å². The topological polar surface area (TPSA) is 96.3 Å². The molecule has 0 spiro atoms. The standard InChI is InChI=1S/C34H48N2O4/c1-29(2)13-15-34(12-10-26(38)36-40-8)16-14-33(7)27(22(34)19-29)23(37)17-25-31(5)18-21(20-35)28(39)30(3,4)24(31)9-11-32(25,33)6/h17-18,22,24,27H,9-16,19H2,1-8H3,(H,36,38)/t22?,24-,27?,31-,32+,33+,34+/m0/s1. The van der Waals surface area contributed by atoms with Crippen LogP contribution in [0, 0.1) is 61.6 Å². The Bertz CT molecular complexity index is 1250. The van der Waals surface area contributed by atoms with Crippen molar-refractivity contribution in [3.63, 3.8) is 0 Å². The van der Waals surface area contributed by atoms with E-state index in [0.717, 1.165) is 56.9 Å². The molecule has 3 saturated carbocycles. The first kappa shape index (κ1) is 29.2. The van der Waals surface area contributed by atoms with Gasteiger partial charge in [0.05, 0.1) is 12.7 Å². The average Bonchev–Trinajstić information content (AvgIpc) is 2.87. The fourth-order valence-corrected chi connectivity index (χ4v) is 10.7. The van der Waals surface area contributed by atoms with Gasteiger partial charge in [-0.25, -0.2) is 5.48 Å². The number of fused-ring (bicyclic) bond motifs is 7. The van der Waals surface area contributed by atoms with Crippen LogP contribution in [0.3, 0.4) is 0 Å². The maximum absolute atomic E-state index is 14.5. The molecule has 6 nitrogen and oxygen atoms in total. The highest BCUT2D eigenvalue weighted by Gasteiger charge is 2.69. The second-order valence-corrected chi connectivity index (χ2v) is 15.8. The lowest BCUT2D eigenvalue weighted by molar-refractivity contribution is -0.173. The third-order valence-electron chi connectivity index (χ3n) is 13.1. The molecule has 0 saturated heterocycles. The van der Waals surface area contributed by atoms with Crippen LogP contribution in [-0.2, 0) is 19.2 Å². The summed E-state index contributed by atoms with van der Waals surface area (Å²) in [5, 5.41) is 9.92. The number of Topliss-reactive ketones (excluding diaryl/α,β-unsaturated/α-hetero) is 1. The van der Waals surface area contributed by atoms with Crippen LogP contribution >= 0.6 is 0 Å². The summed E-state index contributed by atoms with van der Waals surface area (Å²) in [5.74, 6) is 0.209. The van der Waals surface area contributed by atoms with Crippen LogP contribution < -0.4 is 5.48 Å². The third-order valence-corrected chi connectivity index (χ3v) is 13.1. The summed E-state index contributed by atoms with van der Waals surface area (Å²) in [6, 6.07) is 2.19. The molecule has 5 rings (SSSR count). The van der Waals surface area contributed by atoms with E-state index in [1.165, 1.54) is 7.11 Å². The number of amides is 1. The van der Waals surface area contributed by atoms with Gasteiger partial charge in [-0.3, -0.25) is 19.2 Å². The normalized spacial score (nSPS) is 43.1. The van der Waals surface area contributed by atoms with Crippen molar-refractivity contribution in [3.8, 4) is 6.07 Å². The Kier molecular flexibility index (Phi) is 6.67. The van der Waals surface area contributed by atoms with E-state index in [2.05, 4.69) is 46.2 Å². The lowest BCUT2D eigenvalue weighted by Crippen LogP contribution is -2.64. The van der Waals surface area contributed by atoms with E-state index in [0.29, 0.717) is 6.42 Å². The van der Waals surface area contributed by atoms with Gasteiger partial charge < -0.3 is 0 Å². The summed E-state index contributed by atoms with van der Waals surface area (Å²) in [6.45, 7) is 15.5. The highest BCUT2D eigenvalue weighted by atomic mass is 16.6. The molecule has 0 radical (unpaired) electrons. The van der Waals surface area contributed by atoms with Crippen molar-refractivity contribution in [2.24, 2.45) is 50.2 Å². The summed E-state index contributed by atoms with van der Waals surface area (Å²) in [6.07, 6.45) is 12.0. The smallest absolute Gasteiger partial charge is 0.243 e. The van der Waals surface area contributed by atoms with Crippen molar-refractivity contribution in [3.05, 3.63) is 23.3 Å². The van der Waals surface area contributed by atoms with Crippen molar-refractivity contribution in [1.29, 1.82) is 5.26 Å². The molecule has 0 bridgehead atoms. The number of carbonyl (C=O) groups is 3. The number of nitrogens with one attached hydrogen (secondary N) is 1. The number of hydroxylamine groups is 1. The summed E-state index contributed by atoms with van der Waals surface area (Å²) < 4.78 is 0. The zero-order valence-corrected chi connectivity index (χ0v) is 25.8. The lowest BCUT2D eigenvalue weighted by Gasteiger charge is -2.69. The lowest BCUT2D eigenvalue weighted by atomic mass is 9.34. The monoisotopic (exact) mass is 548 g/mol. The predicted octanol–water partition coefficient (Wildman–Crippen LogP) is 6.66. The minimum Gasteiger partial charge on any atom is -0.295 e. The molecule has 218 valence electrons. The second-order valence-electron chi connectivity index (χ2n) is 15.8. The van der Waals surface area contributed by atoms with Crippen LogP contribution in [0.25, 0.3) is 0 Å². The van der Waals surface area contributed by atoms with Gasteiger partial charge in [-0.05, 0) is 90.9 Å². The molecule has 3 fully saturated rings. The quantitative estimate of drug-likeness (QED) is 0.396. The predicted molar refractivity (Wildman–Crippen MR) is 153 cm³/mol. The molecule has 5 aliphatic rings. The summed E-state index contributed by atoms with van der Waals surface area (Å²) >= 11 is 0. The van der Waals surface area contributed by atoms with Crippen LogP contribution in [0.15, 0.2) is 23.3 Å². The van der Waals surface area contributed by atoms with Gasteiger partial charge in [0.2, 0.25) is 5.91 Å². The molecule has 6 heteroatoms. The van der Waals surface area contributed by atoms with Crippen molar-refractivity contribution < 1.29 is 19.2 Å². The highest BCUT2D eigenvalue weighted by Crippen LogP contribution is 2.75. The molecule has 0 aromatic carbocycles. The van der Waals surface area contributed by atoms with Crippen molar-refractivity contribution >= 4 is 17.5 Å². The molecule has 40 heavy (non-hydrogen) atoms. The fraction of sp³-hybridized carbons (Fsp3) is 0.765. The Labute approximate surface area is 240 Å². The van der Waals surface area contributed by atoms with E-state index in [1.54, 1.807) is 0 Å². The van der Waals surface area contributed by atoms with Crippen LogP contribution in [0.2, 0.25) is 0 Å². The van der Waals surface area contributed by atoms with E-state index < -0.39 is 10.8 Å². The Balaban J connectivity index is 1.62. The maximum Gasteiger partial charge on any atom is 0.243 e. The molecule has 0 heterocycles. The molecular formula is C34H48N2O4. The Morgan fingerprint density at radius 3 is 2.38 bits per heavy atom. The van der Waals surface area contributed by atoms with E-state index in [9.17, 15) is 19.6 Å². The minimum absolute atomic E-state index is 0.0314. The third kappa shape index (κ3) is 3.86. The van der Waals surface area contributed by atoms with Gasteiger partial charge in [-0.15, -0.1) is 0 Å². The number of hydrogen-bond acceptors (Lipinski definition) is 5. The Morgan fingerprint density at radius 2 is 1.73 bits per heavy atom.